The van der Waals surface area contributed by atoms with Crippen LogP contribution in [0.25, 0.3) is 22.8 Å². The van der Waals surface area contributed by atoms with E-state index in [1.165, 1.54) is 5.56 Å². The number of nitrogens with zero attached hydrogens (tertiary/aromatic N) is 3. The Labute approximate surface area is 142 Å². The van der Waals surface area contributed by atoms with Crippen molar-refractivity contribution in [1.82, 2.24) is 20.0 Å². The minimum atomic E-state index is 0. The minimum absolute atomic E-state index is 0. The van der Waals surface area contributed by atoms with Crippen molar-refractivity contribution in [2.75, 3.05) is 7.05 Å². The van der Waals surface area contributed by atoms with Gasteiger partial charge in [-0.25, -0.2) is 0 Å². The summed E-state index contributed by atoms with van der Waals surface area (Å²) in [6.07, 6.45) is 0.746. The van der Waals surface area contributed by atoms with Gasteiger partial charge in [0.1, 0.15) is 5.69 Å². The summed E-state index contributed by atoms with van der Waals surface area (Å²) in [7, 11) is 3.94. The summed E-state index contributed by atoms with van der Waals surface area (Å²) >= 11 is 0. The van der Waals surface area contributed by atoms with Crippen LogP contribution in [0.15, 0.2) is 47.0 Å². The number of benzene rings is 1. The molecule has 2 heterocycles. The van der Waals surface area contributed by atoms with Crippen LogP contribution in [-0.4, -0.2) is 27.8 Å². The van der Waals surface area contributed by atoms with Crippen LogP contribution in [0.3, 0.4) is 0 Å². The van der Waals surface area contributed by atoms with Crippen molar-refractivity contribution in [3.63, 3.8) is 0 Å². The standard InChI is InChI=1S/C17H20N4O.ClH/c1-12(18-2)11-16-19-17(22-20-16)15-10-9-14(21(15)3)13-7-5-4-6-8-13;/h4-10,12,18H,11H2,1-3H3;1H. The lowest BCUT2D eigenvalue weighted by Gasteiger charge is -2.05. The van der Waals surface area contributed by atoms with E-state index in [0.29, 0.717) is 11.9 Å². The molecule has 6 heteroatoms. The first-order chi connectivity index (χ1) is 10.7. The first-order valence-corrected chi connectivity index (χ1v) is 7.40. The van der Waals surface area contributed by atoms with Crippen LogP contribution in [0.1, 0.15) is 12.7 Å². The molecule has 3 rings (SSSR count). The molecule has 1 atom stereocenters. The number of hydrogen-bond acceptors (Lipinski definition) is 4. The molecule has 122 valence electrons. The average molecular weight is 333 g/mol. The van der Waals surface area contributed by atoms with E-state index in [0.717, 1.165) is 23.6 Å². The molecule has 3 aromatic rings. The molecule has 5 nitrogen and oxygen atoms in total. The zero-order chi connectivity index (χ0) is 15.5. The van der Waals surface area contributed by atoms with Crippen LogP contribution >= 0.6 is 12.4 Å². The van der Waals surface area contributed by atoms with E-state index in [2.05, 4.69) is 45.1 Å². The summed E-state index contributed by atoms with van der Waals surface area (Å²) < 4.78 is 7.49. The number of halogens is 1. The molecule has 2 aromatic heterocycles. The van der Waals surface area contributed by atoms with E-state index in [1.807, 2.05) is 38.4 Å². The molecule has 23 heavy (non-hydrogen) atoms. The van der Waals surface area contributed by atoms with E-state index < -0.39 is 0 Å². The summed E-state index contributed by atoms with van der Waals surface area (Å²) in [4.78, 5) is 4.50. The number of likely N-dealkylation sites (N-methyl/N-ethyl adjacent to an activating group) is 1. The molecule has 0 bridgehead atoms. The van der Waals surface area contributed by atoms with Gasteiger partial charge in [0.2, 0.25) is 0 Å². The Morgan fingerprint density at radius 1 is 1.13 bits per heavy atom. The van der Waals surface area contributed by atoms with Crippen molar-refractivity contribution in [2.45, 2.75) is 19.4 Å². The maximum atomic E-state index is 5.42. The van der Waals surface area contributed by atoms with Crippen LogP contribution in [0.2, 0.25) is 0 Å². The number of nitrogens with one attached hydrogen (secondary N) is 1. The quantitative estimate of drug-likeness (QED) is 0.778. The van der Waals surface area contributed by atoms with Gasteiger partial charge in [-0.05, 0) is 31.7 Å². The maximum Gasteiger partial charge on any atom is 0.274 e. The van der Waals surface area contributed by atoms with Crippen molar-refractivity contribution in [1.29, 1.82) is 0 Å². The predicted molar refractivity (Wildman–Crippen MR) is 93.6 cm³/mol. The third-order valence-corrected chi connectivity index (χ3v) is 3.86. The van der Waals surface area contributed by atoms with E-state index in [4.69, 9.17) is 4.52 Å². The molecule has 0 aliphatic heterocycles. The summed E-state index contributed by atoms with van der Waals surface area (Å²) in [5, 5.41) is 7.24. The molecule has 0 spiro atoms. The molecule has 0 aliphatic carbocycles. The van der Waals surface area contributed by atoms with E-state index in [-0.39, 0.29) is 12.4 Å². The molecule has 1 aromatic carbocycles. The second kappa shape index (κ2) is 7.44. The highest BCUT2D eigenvalue weighted by Crippen LogP contribution is 2.26. The molecular weight excluding hydrogens is 312 g/mol. The van der Waals surface area contributed by atoms with Crippen LogP contribution in [0.5, 0.6) is 0 Å². The number of aromatic nitrogens is 3. The molecule has 0 fully saturated rings. The molecule has 0 saturated carbocycles. The normalized spacial score (nSPS) is 12.0. The summed E-state index contributed by atoms with van der Waals surface area (Å²) in [6.45, 7) is 2.09. The largest absolute Gasteiger partial charge is 0.340 e. The fourth-order valence-corrected chi connectivity index (χ4v) is 2.44. The van der Waals surface area contributed by atoms with Crippen molar-refractivity contribution in [3.05, 3.63) is 48.3 Å². The Kier molecular flexibility index (Phi) is 5.58. The Hall–Kier alpha value is -2.11. The maximum absolute atomic E-state index is 5.42. The second-order valence-corrected chi connectivity index (χ2v) is 5.44. The van der Waals surface area contributed by atoms with Crippen LogP contribution in [-0.2, 0) is 13.5 Å². The van der Waals surface area contributed by atoms with Gasteiger partial charge in [0.05, 0.1) is 0 Å². The third kappa shape index (κ3) is 3.63. The zero-order valence-corrected chi connectivity index (χ0v) is 14.3. The lowest BCUT2D eigenvalue weighted by atomic mass is 10.2. The Morgan fingerprint density at radius 2 is 1.83 bits per heavy atom. The SMILES string of the molecule is CNC(C)Cc1noc(-c2ccc(-c3ccccc3)n2C)n1.Cl. The van der Waals surface area contributed by atoms with Crippen LogP contribution < -0.4 is 5.32 Å². The van der Waals surface area contributed by atoms with Gasteiger partial charge < -0.3 is 14.4 Å². The van der Waals surface area contributed by atoms with Crippen molar-refractivity contribution < 1.29 is 4.52 Å². The van der Waals surface area contributed by atoms with Crippen molar-refractivity contribution in [3.8, 4) is 22.8 Å². The van der Waals surface area contributed by atoms with Crippen LogP contribution in [0, 0.1) is 0 Å². The monoisotopic (exact) mass is 332 g/mol. The summed E-state index contributed by atoms with van der Waals surface area (Å²) in [6, 6.07) is 14.7. The predicted octanol–water partition coefficient (Wildman–Crippen LogP) is 3.31. The van der Waals surface area contributed by atoms with E-state index in [9.17, 15) is 0 Å². The molecule has 0 aliphatic rings. The Balaban J connectivity index is 0.00000192. The van der Waals surface area contributed by atoms with Gasteiger partial charge in [-0.1, -0.05) is 35.5 Å². The van der Waals surface area contributed by atoms with Crippen molar-refractivity contribution >= 4 is 12.4 Å². The average Bonchev–Trinajstić information content (AvgIpc) is 3.14. The fraction of sp³-hybridized carbons (Fsp3) is 0.294. The Bertz CT molecular complexity index is 751. The van der Waals surface area contributed by atoms with Gasteiger partial charge in [0.15, 0.2) is 5.82 Å². The third-order valence-electron chi connectivity index (χ3n) is 3.86. The summed E-state index contributed by atoms with van der Waals surface area (Å²) in [5.74, 6) is 1.28. The van der Waals surface area contributed by atoms with E-state index >= 15 is 0 Å². The first kappa shape index (κ1) is 17.2. The van der Waals surface area contributed by atoms with Gasteiger partial charge in [-0.2, -0.15) is 4.98 Å². The highest BCUT2D eigenvalue weighted by Gasteiger charge is 2.15. The minimum Gasteiger partial charge on any atom is -0.340 e. The lowest BCUT2D eigenvalue weighted by Crippen LogP contribution is -2.24. The number of hydrogen-bond donors (Lipinski definition) is 1. The fourth-order valence-electron chi connectivity index (χ4n) is 2.44. The molecule has 0 radical (unpaired) electrons. The molecule has 0 amide bonds. The van der Waals surface area contributed by atoms with E-state index in [1.54, 1.807) is 0 Å². The van der Waals surface area contributed by atoms with Gasteiger partial charge >= 0.3 is 0 Å². The Morgan fingerprint density at radius 3 is 2.52 bits per heavy atom. The topological polar surface area (TPSA) is 55.9 Å². The second-order valence-electron chi connectivity index (χ2n) is 5.44. The van der Waals surface area contributed by atoms with Gasteiger partial charge in [0.25, 0.3) is 5.89 Å². The summed E-state index contributed by atoms with van der Waals surface area (Å²) in [5.41, 5.74) is 3.22. The van der Waals surface area contributed by atoms with Gasteiger partial charge in [0, 0.05) is 25.2 Å². The molecular formula is C17H21ClN4O. The van der Waals surface area contributed by atoms with Gasteiger partial charge in [-0.15, -0.1) is 12.4 Å². The zero-order valence-electron chi connectivity index (χ0n) is 13.5. The van der Waals surface area contributed by atoms with Gasteiger partial charge in [-0.3, -0.25) is 0 Å². The highest BCUT2D eigenvalue weighted by atomic mass is 35.5. The van der Waals surface area contributed by atoms with Crippen LogP contribution in [0.4, 0.5) is 0 Å². The molecule has 1 unspecified atom stereocenters. The smallest absolute Gasteiger partial charge is 0.274 e. The first-order valence-electron chi connectivity index (χ1n) is 7.40. The van der Waals surface area contributed by atoms with Crippen molar-refractivity contribution in [2.24, 2.45) is 7.05 Å². The molecule has 1 N–H and O–H groups in total. The molecule has 0 saturated heterocycles. The number of rotatable bonds is 5. The highest BCUT2D eigenvalue weighted by molar-refractivity contribution is 5.85. The lowest BCUT2D eigenvalue weighted by molar-refractivity contribution is 0.416.